The van der Waals surface area contributed by atoms with Gasteiger partial charge in [-0.15, -0.1) is 0 Å². The maximum atomic E-state index is 5.38. The zero-order valence-corrected chi connectivity index (χ0v) is 8.71. The molecule has 2 nitrogen and oxygen atoms in total. The Kier molecular flexibility index (Phi) is 2.19. The Hall–Kier alpha value is -1.09. The van der Waals surface area contributed by atoms with Gasteiger partial charge in [0.25, 0.3) is 0 Å². The molecule has 66 valence electrons. The monoisotopic (exact) mass is 237 g/mol. The van der Waals surface area contributed by atoms with E-state index in [2.05, 4.69) is 20.9 Å². The number of hydrogen-bond acceptors (Lipinski definition) is 2. The maximum Gasteiger partial charge on any atom is 0.226 e. The van der Waals surface area contributed by atoms with Crippen molar-refractivity contribution in [1.82, 2.24) is 4.98 Å². The molecule has 0 saturated carbocycles. The minimum atomic E-state index is 0.671. The van der Waals surface area contributed by atoms with E-state index in [0.29, 0.717) is 5.89 Å². The molecule has 3 heteroatoms. The van der Waals surface area contributed by atoms with Gasteiger partial charge in [0, 0.05) is 10.0 Å². The number of nitrogens with zero attached hydrogens (tertiary/aromatic N) is 1. The second-order valence-corrected chi connectivity index (χ2v) is 3.70. The van der Waals surface area contributed by atoms with Crippen LogP contribution in [0.4, 0.5) is 0 Å². The first-order valence-corrected chi connectivity index (χ1v) is 4.73. The van der Waals surface area contributed by atoms with Crippen molar-refractivity contribution in [3.8, 4) is 11.5 Å². The van der Waals surface area contributed by atoms with E-state index < -0.39 is 0 Å². The van der Waals surface area contributed by atoms with Crippen molar-refractivity contribution in [1.29, 1.82) is 0 Å². The fraction of sp³-hybridized carbons (Fsp3) is 0.100. The van der Waals surface area contributed by atoms with E-state index in [9.17, 15) is 0 Å². The van der Waals surface area contributed by atoms with Crippen molar-refractivity contribution in [2.24, 2.45) is 0 Å². The van der Waals surface area contributed by atoms with E-state index >= 15 is 0 Å². The summed E-state index contributed by atoms with van der Waals surface area (Å²) in [6.45, 7) is 1.88. The molecule has 13 heavy (non-hydrogen) atoms. The highest BCUT2D eigenvalue weighted by Crippen LogP contribution is 2.20. The Morgan fingerprint density at radius 2 is 1.92 bits per heavy atom. The first-order chi connectivity index (χ1) is 6.25. The summed E-state index contributed by atoms with van der Waals surface area (Å²) in [5, 5.41) is 0. The quantitative estimate of drug-likeness (QED) is 0.760. The van der Waals surface area contributed by atoms with Gasteiger partial charge in [0.2, 0.25) is 5.89 Å². The van der Waals surface area contributed by atoms with E-state index in [-0.39, 0.29) is 0 Å². The van der Waals surface area contributed by atoms with Crippen LogP contribution in [0.5, 0.6) is 0 Å². The Balaban J connectivity index is 2.41. The fourth-order valence-corrected chi connectivity index (χ4v) is 1.34. The van der Waals surface area contributed by atoms with E-state index in [0.717, 1.165) is 15.8 Å². The predicted molar refractivity (Wildman–Crippen MR) is 54.4 cm³/mol. The number of hydrogen-bond donors (Lipinski definition) is 0. The van der Waals surface area contributed by atoms with E-state index in [4.69, 9.17) is 4.42 Å². The van der Waals surface area contributed by atoms with Gasteiger partial charge in [-0.05, 0) is 31.2 Å². The Morgan fingerprint density at radius 1 is 1.23 bits per heavy atom. The highest BCUT2D eigenvalue weighted by atomic mass is 79.9. The van der Waals surface area contributed by atoms with Gasteiger partial charge in [0.15, 0.2) is 0 Å². The van der Waals surface area contributed by atoms with Gasteiger partial charge < -0.3 is 4.42 Å². The second kappa shape index (κ2) is 3.34. The largest absolute Gasteiger partial charge is 0.441 e. The number of benzene rings is 1. The topological polar surface area (TPSA) is 26.0 Å². The highest BCUT2D eigenvalue weighted by Gasteiger charge is 2.02. The predicted octanol–water partition coefficient (Wildman–Crippen LogP) is 3.41. The van der Waals surface area contributed by atoms with Crippen LogP contribution in [0.1, 0.15) is 5.76 Å². The van der Waals surface area contributed by atoms with Crippen molar-refractivity contribution in [2.75, 3.05) is 0 Å². The third-order valence-corrected chi connectivity index (χ3v) is 2.24. The summed E-state index contributed by atoms with van der Waals surface area (Å²) in [4.78, 5) is 4.13. The average molecular weight is 238 g/mol. The van der Waals surface area contributed by atoms with Crippen LogP contribution in [-0.4, -0.2) is 4.98 Å². The molecule has 0 saturated heterocycles. The van der Waals surface area contributed by atoms with Crippen LogP contribution in [0.3, 0.4) is 0 Å². The molecule has 0 amide bonds. The van der Waals surface area contributed by atoms with E-state index in [1.54, 1.807) is 6.20 Å². The molecule has 0 bridgehead atoms. The molecule has 0 atom stereocenters. The fourth-order valence-electron chi connectivity index (χ4n) is 1.08. The van der Waals surface area contributed by atoms with Crippen molar-refractivity contribution < 1.29 is 4.42 Å². The first-order valence-electron chi connectivity index (χ1n) is 3.94. The summed E-state index contributed by atoms with van der Waals surface area (Å²) in [5.41, 5.74) is 0.997. The molecular formula is C10H8BrNO. The van der Waals surface area contributed by atoms with Crippen molar-refractivity contribution in [3.05, 3.63) is 40.7 Å². The zero-order chi connectivity index (χ0) is 9.26. The third kappa shape index (κ3) is 1.80. The lowest BCUT2D eigenvalue weighted by Crippen LogP contribution is -1.75. The van der Waals surface area contributed by atoms with Crippen molar-refractivity contribution in [2.45, 2.75) is 6.92 Å². The minimum Gasteiger partial charge on any atom is -0.441 e. The molecule has 1 aromatic carbocycles. The first kappa shape index (κ1) is 8.51. The second-order valence-electron chi connectivity index (χ2n) is 2.78. The van der Waals surface area contributed by atoms with E-state index in [1.807, 2.05) is 31.2 Å². The van der Waals surface area contributed by atoms with Crippen LogP contribution < -0.4 is 0 Å². The molecule has 0 aliphatic heterocycles. The van der Waals surface area contributed by atoms with Gasteiger partial charge in [-0.25, -0.2) is 4.98 Å². The summed E-state index contributed by atoms with van der Waals surface area (Å²) in [6.07, 6.45) is 1.72. The highest BCUT2D eigenvalue weighted by molar-refractivity contribution is 9.10. The Labute approximate surface area is 84.7 Å². The third-order valence-electron chi connectivity index (χ3n) is 1.71. The number of oxazole rings is 1. The molecule has 2 rings (SSSR count). The van der Waals surface area contributed by atoms with Crippen molar-refractivity contribution >= 4 is 15.9 Å². The molecule has 0 spiro atoms. The number of aromatic nitrogens is 1. The zero-order valence-electron chi connectivity index (χ0n) is 7.12. The number of rotatable bonds is 1. The standard InChI is InChI=1S/C10H8BrNO/c1-7-6-12-10(13-7)8-2-4-9(11)5-3-8/h2-6H,1H3. The van der Waals surface area contributed by atoms with Gasteiger partial charge in [0.05, 0.1) is 6.20 Å². The molecule has 2 aromatic rings. The van der Waals surface area contributed by atoms with Crippen LogP contribution in [-0.2, 0) is 0 Å². The van der Waals surface area contributed by atoms with Crippen LogP contribution in [0.2, 0.25) is 0 Å². The maximum absolute atomic E-state index is 5.38. The normalized spacial score (nSPS) is 10.3. The average Bonchev–Trinajstić information content (AvgIpc) is 2.53. The SMILES string of the molecule is Cc1cnc(-c2ccc(Br)cc2)o1. The summed E-state index contributed by atoms with van der Waals surface area (Å²) in [7, 11) is 0. The lowest BCUT2D eigenvalue weighted by atomic mass is 10.2. The Bertz CT molecular complexity index is 405. The molecule has 0 fully saturated rings. The van der Waals surface area contributed by atoms with Crippen LogP contribution in [0, 0.1) is 6.92 Å². The molecule has 0 radical (unpaired) electrons. The van der Waals surface area contributed by atoms with Gasteiger partial charge in [-0.3, -0.25) is 0 Å². The van der Waals surface area contributed by atoms with Gasteiger partial charge in [-0.2, -0.15) is 0 Å². The molecule has 1 heterocycles. The minimum absolute atomic E-state index is 0.671. The lowest BCUT2D eigenvalue weighted by molar-refractivity contribution is 0.542. The van der Waals surface area contributed by atoms with Gasteiger partial charge in [-0.1, -0.05) is 15.9 Å². The summed E-state index contributed by atoms with van der Waals surface area (Å²) in [5.74, 6) is 1.50. The molecular weight excluding hydrogens is 230 g/mol. The summed E-state index contributed by atoms with van der Waals surface area (Å²) < 4.78 is 6.44. The molecule has 0 aliphatic rings. The van der Waals surface area contributed by atoms with E-state index in [1.165, 1.54) is 0 Å². The number of aryl methyl sites for hydroxylation is 1. The van der Waals surface area contributed by atoms with Crippen LogP contribution in [0.15, 0.2) is 39.4 Å². The van der Waals surface area contributed by atoms with Gasteiger partial charge in [0.1, 0.15) is 5.76 Å². The summed E-state index contributed by atoms with van der Waals surface area (Å²) >= 11 is 3.37. The van der Waals surface area contributed by atoms with Gasteiger partial charge >= 0.3 is 0 Å². The molecule has 0 N–H and O–H groups in total. The van der Waals surface area contributed by atoms with Crippen LogP contribution >= 0.6 is 15.9 Å². The van der Waals surface area contributed by atoms with Crippen LogP contribution in [0.25, 0.3) is 11.5 Å². The molecule has 0 aliphatic carbocycles. The Morgan fingerprint density at radius 3 is 2.46 bits per heavy atom. The lowest BCUT2D eigenvalue weighted by Gasteiger charge is -1.94. The smallest absolute Gasteiger partial charge is 0.226 e. The molecule has 1 aromatic heterocycles. The van der Waals surface area contributed by atoms with Crippen molar-refractivity contribution in [3.63, 3.8) is 0 Å². The summed E-state index contributed by atoms with van der Waals surface area (Å²) in [6, 6.07) is 7.87. The molecule has 0 unspecified atom stereocenters. The number of halogens is 1.